The summed E-state index contributed by atoms with van der Waals surface area (Å²) in [5.74, 6) is 0. The zero-order chi connectivity index (χ0) is 15.6. The summed E-state index contributed by atoms with van der Waals surface area (Å²) in [4.78, 5) is 2.39. The Kier molecular flexibility index (Phi) is 7.03. The van der Waals surface area contributed by atoms with Gasteiger partial charge in [-0.15, -0.1) is 0 Å². The van der Waals surface area contributed by atoms with E-state index in [0.717, 1.165) is 38.7 Å². The third-order valence-corrected chi connectivity index (χ3v) is 7.42. The standard InChI is InChI=1S/C15H29NO5Si.CH4/c1-12-7-16-8-13(2)20-22(19-12,21-14(3)9-16)6-4-5-17-10-15-11-18-15;/h12-15H,4-11H2,1-3H3;1H4. The van der Waals surface area contributed by atoms with Crippen LogP contribution in [0.2, 0.25) is 6.04 Å². The van der Waals surface area contributed by atoms with Crippen LogP contribution in [0.3, 0.4) is 0 Å². The Bertz CT molecular complexity index is 332. The highest BCUT2D eigenvalue weighted by molar-refractivity contribution is 6.60. The molecule has 0 aromatic carbocycles. The van der Waals surface area contributed by atoms with E-state index in [9.17, 15) is 0 Å². The maximum Gasteiger partial charge on any atom is 0.501 e. The molecule has 0 aromatic rings. The van der Waals surface area contributed by atoms with Crippen molar-refractivity contribution < 1.29 is 22.8 Å². The number of nitrogens with zero attached hydrogens (tertiary/aromatic N) is 1. The van der Waals surface area contributed by atoms with Crippen molar-refractivity contribution >= 4 is 8.80 Å². The van der Waals surface area contributed by atoms with Gasteiger partial charge in [0.15, 0.2) is 0 Å². The van der Waals surface area contributed by atoms with Crippen LogP contribution in [0.5, 0.6) is 0 Å². The van der Waals surface area contributed by atoms with Crippen molar-refractivity contribution in [3.63, 3.8) is 0 Å². The molecular weight excluding hydrogens is 314 g/mol. The third kappa shape index (κ3) is 5.77. The van der Waals surface area contributed by atoms with E-state index < -0.39 is 8.80 Å². The molecule has 0 saturated carbocycles. The van der Waals surface area contributed by atoms with Gasteiger partial charge < -0.3 is 22.8 Å². The fourth-order valence-electron chi connectivity index (χ4n) is 3.38. The lowest BCUT2D eigenvalue weighted by Crippen LogP contribution is -2.61. The van der Waals surface area contributed by atoms with E-state index >= 15 is 0 Å². The van der Waals surface area contributed by atoms with Crippen LogP contribution in [0.4, 0.5) is 0 Å². The molecule has 0 amide bonds. The molecule has 0 spiro atoms. The first-order valence-electron chi connectivity index (χ1n) is 8.50. The Morgan fingerprint density at radius 1 is 1.00 bits per heavy atom. The molecule has 4 aliphatic heterocycles. The molecule has 0 radical (unpaired) electrons. The van der Waals surface area contributed by atoms with E-state index in [1.807, 2.05) is 0 Å². The molecule has 6 nitrogen and oxygen atoms in total. The molecule has 7 heteroatoms. The largest absolute Gasteiger partial charge is 0.501 e. The monoisotopic (exact) mass is 347 g/mol. The Balaban J connectivity index is 0.00000192. The van der Waals surface area contributed by atoms with Crippen LogP contribution in [-0.4, -0.2) is 77.6 Å². The first-order valence-corrected chi connectivity index (χ1v) is 10.4. The van der Waals surface area contributed by atoms with Crippen molar-refractivity contribution in [3.05, 3.63) is 0 Å². The summed E-state index contributed by atoms with van der Waals surface area (Å²) in [6.45, 7) is 11.5. The van der Waals surface area contributed by atoms with Crippen LogP contribution >= 0.6 is 0 Å². The number of ether oxygens (including phenoxy) is 2. The summed E-state index contributed by atoms with van der Waals surface area (Å²) in [6.07, 6.45) is 1.72. The zero-order valence-electron chi connectivity index (χ0n) is 14.0. The van der Waals surface area contributed by atoms with Crippen LogP contribution in [0.15, 0.2) is 0 Å². The lowest BCUT2D eigenvalue weighted by atomic mass is 10.2. The molecule has 2 bridgehead atoms. The van der Waals surface area contributed by atoms with Crippen molar-refractivity contribution in [1.82, 2.24) is 4.90 Å². The van der Waals surface area contributed by atoms with E-state index in [1.165, 1.54) is 0 Å². The minimum absolute atomic E-state index is 0. The van der Waals surface area contributed by atoms with Crippen molar-refractivity contribution in [3.8, 4) is 0 Å². The first kappa shape index (κ1) is 19.3. The Hall–Kier alpha value is -0.0231. The molecule has 4 unspecified atom stereocenters. The van der Waals surface area contributed by atoms with Gasteiger partial charge in [0, 0.05) is 32.3 Å². The minimum atomic E-state index is -2.62. The molecule has 4 atom stereocenters. The normalized spacial score (nSPS) is 43.2. The van der Waals surface area contributed by atoms with Gasteiger partial charge in [0.25, 0.3) is 0 Å². The van der Waals surface area contributed by atoms with Gasteiger partial charge in [-0.3, -0.25) is 4.90 Å². The van der Waals surface area contributed by atoms with Crippen LogP contribution in [0, 0.1) is 0 Å². The second-order valence-corrected chi connectivity index (χ2v) is 9.39. The average Bonchev–Trinajstić information content (AvgIpc) is 3.18. The average molecular weight is 348 g/mol. The number of fused-ring (bicyclic) bond motifs is 6. The van der Waals surface area contributed by atoms with E-state index in [0.29, 0.717) is 19.3 Å². The lowest BCUT2D eigenvalue weighted by Gasteiger charge is -2.45. The SMILES string of the molecule is C.CC1CN2CC(C)O[Si](CCCOCC3CO3)(O1)OC(C)C2. The van der Waals surface area contributed by atoms with E-state index in [-0.39, 0.29) is 25.7 Å². The number of hydrogen-bond donors (Lipinski definition) is 0. The first-order chi connectivity index (χ1) is 10.5. The van der Waals surface area contributed by atoms with E-state index in [2.05, 4.69) is 25.7 Å². The zero-order valence-corrected chi connectivity index (χ0v) is 15.0. The van der Waals surface area contributed by atoms with Gasteiger partial charge in [-0.2, -0.15) is 0 Å². The van der Waals surface area contributed by atoms with Crippen molar-refractivity contribution in [2.24, 2.45) is 0 Å². The maximum atomic E-state index is 6.30. The second-order valence-electron chi connectivity index (χ2n) is 6.82. The quantitative estimate of drug-likeness (QED) is 0.416. The van der Waals surface area contributed by atoms with Crippen LogP contribution in [-0.2, 0) is 22.8 Å². The predicted octanol–water partition coefficient (Wildman–Crippen LogP) is 1.91. The number of rotatable bonds is 6. The third-order valence-electron chi connectivity index (χ3n) is 4.17. The summed E-state index contributed by atoms with van der Waals surface area (Å²) in [5, 5.41) is 0. The van der Waals surface area contributed by atoms with Crippen LogP contribution < -0.4 is 0 Å². The van der Waals surface area contributed by atoms with Crippen LogP contribution in [0.25, 0.3) is 0 Å². The molecule has 4 aliphatic rings. The Morgan fingerprint density at radius 3 is 2.00 bits per heavy atom. The van der Waals surface area contributed by atoms with Gasteiger partial charge >= 0.3 is 8.80 Å². The molecule has 4 fully saturated rings. The molecule has 23 heavy (non-hydrogen) atoms. The fourth-order valence-corrected chi connectivity index (χ4v) is 6.54. The van der Waals surface area contributed by atoms with E-state index in [4.69, 9.17) is 22.8 Å². The smallest absolute Gasteiger partial charge is 0.379 e. The summed E-state index contributed by atoms with van der Waals surface area (Å²) in [5.41, 5.74) is 0. The molecule has 4 saturated heterocycles. The highest BCUT2D eigenvalue weighted by atomic mass is 28.4. The van der Waals surface area contributed by atoms with Gasteiger partial charge in [0.2, 0.25) is 0 Å². The predicted molar refractivity (Wildman–Crippen MR) is 90.5 cm³/mol. The molecular formula is C16H33NO5Si. The summed E-state index contributed by atoms with van der Waals surface area (Å²) in [7, 11) is -2.62. The molecule has 4 heterocycles. The van der Waals surface area contributed by atoms with E-state index in [1.54, 1.807) is 0 Å². The summed E-state index contributed by atoms with van der Waals surface area (Å²) >= 11 is 0. The molecule has 0 aliphatic carbocycles. The molecule has 136 valence electrons. The van der Waals surface area contributed by atoms with Gasteiger partial charge in [0.1, 0.15) is 6.10 Å². The van der Waals surface area contributed by atoms with Crippen molar-refractivity contribution in [1.29, 1.82) is 0 Å². The molecule has 0 N–H and O–H groups in total. The van der Waals surface area contributed by atoms with Crippen molar-refractivity contribution in [2.75, 3.05) is 39.5 Å². The molecule has 4 rings (SSSR count). The maximum absolute atomic E-state index is 6.30. The number of epoxide rings is 1. The van der Waals surface area contributed by atoms with Gasteiger partial charge in [-0.25, -0.2) is 0 Å². The Morgan fingerprint density at radius 2 is 1.52 bits per heavy atom. The van der Waals surface area contributed by atoms with Crippen LogP contribution in [0.1, 0.15) is 34.6 Å². The van der Waals surface area contributed by atoms with Gasteiger partial charge in [0.05, 0.1) is 31.5 Å². The van der Waals surface area contributed by atoms with Gasteiger partial charge in [-0.1, -0.05) is 7.43 Å². The highest BCUT2D eigenvalue weighted by Crippen LogP contribution is 2.28. The molecule has 0 aromatic heterocycles. The minimum Gasteiger partial charge on any atom is -0.379 e. The fraction of sp³-hybridized carbons (Fsp3) is 1.00. The second kappa shape index (κ2) is 8.38. The number of hydrogen-bond acceptors (Lipinski definition) is 6. The summed E-state index contributed by atoms with van der Waals surface area (Å²) < 4.78 is 29.7. The van der Waals surface area contributed by atoms with Crippen molar-refractivity contribution in [2.45, 2.75) is 65.1 Å². The topological polar surface area (TPSA) is 52.7 Å². The lowest BCUT2D eigenvalue weighted by molar-refractivity contribution is -0.0796. The highest BCUT2D eigenvalue weighted by Gasteiger charge is 2.48. The summed E-state index contributed by atoms with van der Waals surface area (Å²) in [6, 6.07) is 0.831. The van der Waals surface area contributed by atoms with Gasteiger partial charge in [-0.05, 0) is 27.2 Å². The Labute approximate surface area is 141 Å².